The summed E-state index contributed by atoms with van der Waals surface area (Å²) in [4.78, 5) is 26.6. The summed E-state index contributed by atoms with van der Waals surface area (Å²) in [6.07, 6.45) is -4.69. The molecule has 1 heterocycles. The minimum Gasteiger partial charge on any atom is -0.507 e. The fourth-order valence-corrected chi connectivity index (χ4v) is 3.67. The number of anilines is 1. The van der Waals surface area contributed by atoms with Crippen molar-refractivity contribution in [1.82, 2.24) is 0 Å². The lowest BCUT2D eigenvalue weighted by atomic mass is 9.94. The normalized spacial score (nSPS) is 18.2. The molecular formula is C24H15F4NO3. The Morgan fingerprint density at radius 2 is 1.53 bits per heavy atom. The lowest BCUT2D eigenvalue weighted by Crippen LogP contribution is -2.30. The van der Waals surface area contributed by atoms with Crippen LogP contribution in [0.25, 0.3) is 5.76 Å². The number of carbonyl (C=O) groups is 2. The number of hydrogen-bond acceptors (Lipinski definition) is 3. The summed E-state index contributed by atoms with van der Waals surface area (Å²) in [5, 5.41) is 10.9. The third kappa shape index (κ3) is 3.64. The molecular weight excluding hydrogens is 426 g/mol. The van der Waals surface area contributed by atoms with Crippen molar-refractivity contribution >= 4 is 23.1 Å². The number of amides is 1. The second-order valence-electron chi connectivity index (χ2n) is 7.10. The van der Waals surface area contributed by atoms with E-state index in [2.05, 4.69) is 0 Å². The number of ketones is 1. The van der Waals surface area contributed by atoms with Crippen LogP contribution < -0.4 is 4.90 Å². The van der Waals surface area contributed by atoms with Crippen molar-refractivity contribution < 1.29 is 32.3 Å². The Bertz CT molecular complexity index is 1240. The van der Waals surface area contributed by atoms with Crippen LogP contribution in [0.2, 0.25) is 0 Å². The smallest absolute Gasteiger partial charge is 0.416 e. The Balaban J connectivity index is 1.97. The molecule has 4 rings (SSSR count). The molecule has 0 aliphatic carbocycles. The summed E-state index contributed by atoms with van der Waals surface area (Å²) < 4.78 is 54.5. The molecule has 1 fully saturated rings. The summed E-state index contributed by atoms with van der Waals surface area (Å²) >= 11 is 0. The molecule has 0 aromatic heterocycles. The van der Waals surface area contributed by atoms with Gasteiger partial charge in [-0.1, -0.05) is 54.6 Å². The van der Waals surface area contributed by atoms with Crippen LogP contribution in [0.15, 0.2) is 84.4 Å². The Kier molecular flexibility index (Phi) is 5.30. The molecule has 0 spiro atoms. The Hall–Kier alpha value is -3.94. The van der Waals surface area contributed by atoms with Crippen LogP contribution in [0.1, 0.15) is 22.7 Å². The van der Waals surface area contributed by atoms with Gasteiger partial charge in [0.25, 0.3) is 11.7 Å². The largest absolute Gasteiger partial charge is 0.507 e. The van der Waals surface area contributed by atoms with Gasteiger partial charge in [0.15, 0.2) is 0 Å². The zero-order valence-corrected chi connectivity index (χ0v) is 16.3. The summed E-state index contributed by atoms with van der Waals surface area (Å²) in [6.45, 7) is 0. The number of aliphatic hydroxyl groups is 1. The van der Waals surface area contributed by atoms with Crippen molar-refractivity contribution in [1.29, 1.82) is 0 Å². The van der Waals surface area contributed by atoms with Gasteiger partial charge in [-0.05, 0) is 24.3 Å². The van der Waals surface area contributed by atoms with Crippen molar-refractivity contribution in [3.8, 4) is 0 Å². The van der Waals surface area contributed by atoms with E-state index in [1.165, 1.54) is 36.4 Å². The van der Waals surface area contributed by atoms with E-state index < -0.39 is 46.6 Å². The fourth-order valence-electron chi connectivity index (χ4n) is 3.67. The van der Waals surface area contributed by atoms with Crippen LogP contribution in [-0.4, -0.2) is 16.8 Å². The second-order valence-corrected chi connectivity index (χ2v) is 7.10. The van der Waals surface area contributed by atoms with Crippen LogP contribution in [0.3, 0.4) is 0 Å². The molecule has 8 heteroatoms. The van der Waals surface area contributed by atoms with Crippen molar-refractivity contribution in [2.24, 2.45) is 0 Å². The van der Waals surface area contributed by atoms with Gasteiger partial charge in [0.1, 0.15) is 11.6 Å². The lowest BCUT2D eigenvalue weighted by molar-refractivity contribution is -0.137. The summed E-state index contributed by atoms with van der Waals surface area (Å²) in [7, 11) is 0. The van der Waals surface area contributed by atoms with Crippen molar-refractivity contribution in [2.75, 3.05) is 4.90 Å². The van der Waals surface area contributed by atoms with E-state index in [1.54, 1.807) is 18.2 Å². The first kappa shape index (κ1) is 21.3. The van der Waals surface area contributed by atoms with Crippen LogP contribution >= 0.6 is 0 Å². The van der Waals surface area contributed by atoms with Gasteiger partial charge in [-0.2, -0.15) is 13.2 Å². The molecule has 1 saturated heterocycles. The van der Waals surface area contributed by atoms with E-state index in [-0.39, 0.29) is 16.8 Å². The average molecular weight is 441 g/mol. The Labute approximate surface area is 180 Å². The van der Waals surface area contributed by atoms with Crippen molar-refractivity contribution in [3.63, 3.8) is 0 Å². The number of benzene rings is 3. The number of Topliss-reactive ketones (excluding diaryl/α,β-unsaturated/α-hetero) is 1. The molecule has 4 nitrogen and oxygen atoms in total. The number of aliphatic hydroxyl groups excluding tert-OH is 1. The van der Waals surface area contributed by atoms with E-state index in [0.29, 0.717) is 6.07 Å². The monoisotopic (exact) mass is 441 g/mol. The second kappa shape index (κ2) is 7.96. The third-order valence-corrected chi connectivity index (χ3v) is 5.14. The highest BCUT2D eigenvalue weighted by atomic mass is 19.4. The molecule has 1 amide bonds. The van der Waals surface area contributed by atoms with Gasteiger partial charge in [0, 0.05) is 16.8 Å². The summed E-state index contributed by atoms with van der Waals surface area (Å²) in [5.74, 6) is -3.63. The first-order chi connectivity index (χ1) is 15.2. The minimum atomic E-state index is -4.69. The number of carbonyl (C=O) groups excluding carboxylic acids is 2. The highest BCUT2D eigenvalue weighted by Gasteiger charge is 2.48. The number of rotatable bonds is 3. The van der Waals surface area contributed by atoms with Gasteiger partial charge in [-0.25, -0.2) is 4.39 Å². The van der Waals surface area contributed by atoms with Crippen LogP contribution in [0.4, 0.5) is 23.2 Å². The Morgan fingerprint density at radius 3 is 2.19 bits per heavy atom. The standard InChI is InChI=1S/C24H15F4NO3/c25-18-12-5-4-11-17(18)20-19(21(30)14-7-2-1-3-8-14)22(31)23(32)29(20)16-10-6-9-15(13-16)24(26,27)28/h1-13,20,30H. The molecule has 1 N–H and O–H groups in total. The molecule has 32 heavy (non-hydrogen) atoms. The van der Waals surface area contributed by atoms with Gasteiger partial charge in [0.05, 0.1) is 17.2 Å². The molecule has 0 bridgehead atoms. The number of halogens is 4. The molecule has 1 unspecified atom stereocenters. The number of hydrogen-bond donors (Lipinski definition) is 1. The fraction of sp³-hybridized carbons (Fsp3) is 0.0833. The molecule has 0 radical (unpaired) electrons. The lowest BCUT2D eigenvalue weighted by Gasteiger charge is -2.26. The molecule has 0 saturated carbocycles. The maximum absolute atomic E-state index is 14.8. The zero-order chi connectivity index (χ0) is 23.0. The SMILES string of the molecule is O=C1C(=O)N(c2cccc(C(F)(F)F)c2)C(c2ccccc2F)C1=C(O)c1ccccc1. The first-order valence-electron chi connectivity index (χ1n) is 9.48. The maximum Gasteiger partial charge on any atom is 0.416 e. The molecule has 1 aliphatic heterocycles. The van der Waals surface area contributed by atoms with Gasteiger partial charge in [-0.3, -0.25) is 14.5 Å². The minimum absolute atomic E-state index is 0.137. The number of alkyl halides is 3. The Morgan fingerprint density at radius 1 is 0.875 bits per heavy atom. The van der Waals surface area contributed by atoms with Crippen molar-refractivity contribution in [2.45, 2.75) is 12.2 Å². The zero-order valence-electron chi connectivity index (χ0n) is 16.3. The molecule has 3 aromatic carbocycles. The molecule has 1 aliphatic rings. The van der Waals surface area contributed by atoms with Gasteiger partial charge < -0.3 is 5.11 Å². The van der Waals surface area contributed by atoms with Crippen LogP contribution in [0.5, 0.6) is 0 Å². The summed E-state index contributed by atoms with van der Waals surface area (Å²) in [5.41, 5.74) is -1.63. The highest BCUT2D eigenvalue weighted by molar-refractivity contribution is 6.51. The first-order valence-corrected chi connectivity index (χ1v) is 9.48. The third-order valence-electron chi connectivity index (χ3n) is 5.14. The average Bonchev–Trinajstić information content (AvgIpc) is 3.04. The number of nitrogens with zero attached hydrogens (tertiary/aromatic N) is 1. The van der Waals surface area contributed by atoms with Crippen molar-refractivity contribution in [3.05, 3.63) is 107 Å². The van der Waals surface area contributed by atoms with E-state index >= 15 is 0 Å². The predicted molar refractivity (Wildman–Crippen MR) is 109 cm³/mol. The van der Waals surface area contributed by atoms with E-state index in [0.717, 1.165) is 23.1 Å². The van der Waals surface area contributed by atoms with E-state index in [4.69, 9.17) is 0 Å². The molecule has 162 valence electrons. The van der Waals surface area contributed by atoms with Crippen LogP contribution in [0, 0.1) is 5.82 Å². The quantitative estimate of drug-likeness (QED) is 0.254. The van der Waals surface area contributed by atoms with E-state index in [1.807, 2.05) is 0 Å². The van der Waals surface area contributed by atoms with Gasteiger partial charge in [-0.15, -0.1) is 0 Å². The maximum atomic E-state index is 14.8. The van der Waals surface area contributed by atoms with Crippen LogP contribution in [-0.2, 0) is 15.8 Å². The predicted octanol–water partition coefficient (Wildman–Crippen LogP) is 5.47. The van der Waals surface area contributed by atoms with Gasteiger partial charge >= 0.3 is 6.18 Å². The molecule has 3 aromatic rings. The summed E-state index contributed by atoms with van der Waals surface area (Å²) in [6, 6.07) is 15.5. The topological polar surface area (TPSA) is 57.6 Å². The van der Waals surface area contributed by atoms with Gasteiger partial charge in [0.2, 0.25) is 0 Å². The highest BCUT2D eigenvalue weighted by Crippen LogP contribution is 2.43. The van der Waals surface area contributed by atoms with E-state index in [9.17, 15) is 32.3 Å². The molecule has 1 atom stereocenters.